The maximum absolute atomic E-state index is 13.4. The number of nitrogens with one attached hydrogen (secondary N) is 2. The highest BCUT2D eigenvalue weighted by Gasteiger charge is 2.02. The van der Waals surface area contributed by atoms with Crippen molar-refractivity contribution in [3.05, 3.63) is 48.0 Å². The summed E-state index contributed by atoms with van der Waals surface area (Å²) in [6.07, 6.45) is 5.86. The number of methoxy groups -OCH3 is 1. The van der Waals surface area contributed by atoms with Gasteiger partial charge in [-0.25, -0.2) is 4.39 Å². The number of benzene rings is 1. The lowest BCUT2D eigenvalue weighted by atomic mass is 10.2. The second-order valence-corrected chi connectivity index (χ2v) is 3.70. The standard InChI is InChI=1S/C13H12FN3O2/c1-19-12-4-2-9(6-11(12)14)3-5-13(18)17-10-7-15-16-8-10/h2-8H,1H3,(H,15,16)(H,17,18)/b5-3+. The van der Waals surface area contributed by atoms with Crippen LogP contribution in [-0.2, 0) is 4.79 Å². The van der Waals surface area contributed by atoms with E-state index in [4.69, 9.17) is 4.74 Å². The minimum atomic E-state index is -0.472. The molecule has 2 aromatic rings. The van der Waals surface area contributed by atoms with Crippen LogP contribution >= 0.6 is 0 Å². The molecule has 1 amide bonds. The van der Waals surface area contributed by atoms with Crippen molar-refractivity contribution in [2.75, 3.05) is 12.4 Å². The number of hydrogen-bond donors (Lipinski definition) is 2. The van der Waals surface area contributed by atoms with Gasteiger partial charge in [0, 0.05) is 12.3 Å². The summed E-state index contributed by atoms with van der Waals surface area (Å²) in [6.45, 7) is 0. The number of ether oxygens (including phenoxy) is 1. The number of hydrogen-bond acceptors (Lipinski definition) is 3. The van der Waals surface area contributed by atoms with Gasteiger partial charge in [-0.15, -0.1) is 0 Å². The monoisotopic (exact) mass is 261 g/mol. The number of aromatic amines is 1. The Morgan fingerprint density at radius 1 is 1.53 bits per heavy atom. The fourth-order valence-electron chi connectivity index (χ4n) is 1.46. The lowest BCUT2D eigenvalue weighted by Crippen LogP contribution is -2.06. The molecule has 1 aromatic heterocycles. The molecule has 2 N–H and O–H groups in total. The van der Waals surface area contributed by atoms with Crippen molar-refractivity contribution in [1.29, 1.82) is 0 Å². The van der Waals surface area contributed by atoms with Crippen molar-refractivity contribution in [2.45, 2.75) is 0 Å². The molecule has 0 fully saturated rings. The van der Waals surface area contributed by atoms with Crippen molar-refractivity contribution in [1.82, 2.24) is 10.2 Å². The molecule has 6 heteroatoms. The summed E-state index contributed by atoms with van der Waals surface area (Å²) in [5.41, 5.74) is 1.14. The predicted octanol–water partition coefficient (Wildman–Crippen LogP) is 2.21. The Labute approximate surface area is 109 Å². The van der Waals surface area contributed by atoms with E-state index in [0.29, 0.717) is 11.3 Å². The fourth-order valence-corrected chi connectivity index (χ4v) is 1.46. The van der Waals surface area contributed by atoms with Gasteiger partial charge < -0.3 is 10.1 Å². The van der Waals surface area contributed by atoms with Crippen LogP contribution in [0.4, 0.5) is 10.1 Å². The molecule has 98 valence electrons. The van der Waals surface area contributed by atoms with E-state index < -0.39 is 5.82 Å². The van der Waals surface area contributed by atoms with Crippen LogP contribution in [0.1, 0.15) is 5.56 Å². The third kappa shape index (κ3) is 3.41. The van der Waals surface area contributed by atoms with Crippen LogP contribution in [0, 0.1) is 5.82 Å². The number of carbonyl (C=O) groups excluding carboxylic acids is 1. The Morgan fingerprint density at radius 2 is 2.37 bits per heavy atom. The maximum atomic E-state index is 13.4. The van der Waals surface area contributed by atoms with E-state index in [0.717, 1.165) is 0 Å². The number of aromatic nitrogens is 2. The Hall–Kier alpha value is -2.63. The first kappa shape index (κ1) is 12.8. The Morgan fingerprint density at radius 3 is 3.00 bits per heavy atom. The quantitative estimate of drug-likeness (QED) is 0.829. The second kappa shape index (κ2) is 5.81. The zero-order valence-corrected chi connectivity index (χ0v) is 10.2. The van der Waals surface area contributed by atoms with Crippen molar-refractivity contribution in [3.8, 4) is 5.75 Å². The van der Waals surface area contributed by atoms with Gasteiger partial charge in [0.25, 0.3) is 0 Å². The highest BCUT2D eigenvalue weighted by Crippen LogP contribution is 2.18. The van der Waals surface area contributed by atoms with Crippen molar-refractivity contribution >= 4 is 17.7 Å². The molecule has 0 aliphatic heterocycles. The number of H-pyrrole nitrogens is 1. The molecule has 0 bridgehead atoms. The van der Waals surface area contributed by atoms with Gasteiger partial charge in [0.05, 0.1) is 19.0 Å². The van der Waals surface area contributed by atoms with Gasteiger partial charge in [0.1, 0.15) is 0 Å². The van der Waals surface area contributed by atoms with Crippen molar-refractivity contribution in [3.63, 3.8) is 0 Å². The van der Waals surface area contributed by atoms with Crippen LogP contribution in [0.15, 0.2) is 36.7 Å². The molecule has 0 unspecified atom stereocenters. The minimum absolute atomic E-state index is 0.167. The van der Waals surface area contributed by atoms with E-state index in [1.54, 1.807) is 12.3 Å². The molecular weight excluding hydrogens is 249 g/mol. The zero-order valence-electron chi connectivity index (χ0n) is 10.2. The molecule has 2 rings (SSSR count). The summed E-state index contributed by atoms with van der Waals surface area (Å²) >= 11 is 0. The highest BCUT2D eigenvalue weighted by atomic mass is 19.1. The van der Waals surface area contributed by atoms with Crippen molar-refractivity contribution in [2.24, 2.45) is 0 Å². The van der Waals surface area contributed by atoms with Gasteiger partial charge in [0.2, 0.25) is 5.91 Å². The lowest BCUT2D eigenvalue weighted by molar-refractivity contribution is -0.111. The normalized spacial score (nSPS) is 10.6. The van der Waals surface area contributed by atoms with E-state index in [1.165, 1.54) is 37.6 Å². The molecule has 0 saturated heterocycles. The van der Waals surface area contributed by atoms with E-state index >= 15 is 0 Å². The van der Waals surface area contributed by atoms with E-state index in [2.05, 4.69) is 15.5 Å². The van der Waals surface area contributed by atoms with E-state index in [1.807, 2.05) is 0 Å². The van der Waals surface area contributed by atoms with Gasteiger partial charge in [0.15, 0.2) is 11.6 Å². The van der Waals surface area contributed by atoms with Crippen LogP contribution in [0.3, 0.4) is 0 Å². The Balaban J connectivity index is 2.02. The van der Waals surface area contributed by atoms with Gasteiger partial charge in [-0.1, -0.05) is 6.07 Å². The predicted molar refractivity (Wildman–Crippen MR) is 69.2 cm³/mol. The molecule has 0 radical (unpaired) electrons. The molecular formula is C13H12FN3O2. The molecule has 19 heavy (non-hydrogen) atoms. The van der Waals surface area contributed by atoms with Crippen LogP contribution in [-0.4, -0.2) is 23.2 Å². The second-order valence-electron chi connectivity index (χ2n) is 3.70. The molecule has 0 aliphatic rings. The largest absolute Gasteiger partial charge is 0.494 e. The van der Waals surface area contributed by atoms with E-state index in [-0.39, 0.29) is 11.7 Å². The Bertz CT molecular complexity index is 594. The number of carbonyl (C=O) groups is 1. The third-order valence-corrected chi connectivity index (χ3v) is 2.37. The van der Waals surface area contributed by atoms with Crippen LogP contribution in [0.5, 0.6) is 5.75 Å². The Kier molecular flexibility index (Phi) is 3.92. The van der Waals surface area contributed by atoms with Crippen LogP contribution < -0.4 is 10.1 Å². The number of anilines is 1. The minimum Gasteiger partial charge on any atom is -0.494 e. The summed E-state index contributed by atoms with van der Waals surface area (Å²) in [5.74, 6) is -0.627. The summed E-state index contributed by atoms with van der Waals surface area (Å²) < 4.78 is 18.2. The lowest BCUT2D eigenvalue weighted by Gasteiger charge is -2.02. The first-order chi connectivity index (χ1) is 9.19. The summed E-state index contributed by atoms with van der Waals surface area (Å²) in [6, 6.07) is 4.45. The molecule has 0 spiro atoms. The van der Waals surface area contributed by atoms with E-state index in [9.17, 15) is 9.18 Å². The average molecular weight is 261 g/mol. The molecule has 0 aliphatic carbocycles. The van der Waals surface area contributed by atoms with Gasteiger partial charge >= 0.3 is 0 Å². The summed E-state index contributed by atoms with van der Waals surface area (Å²) in [5, 5.41) is 8.87. The molecule has 1 aromatic carbocycles. The summed E-state index contributed by atoms with van der Waals surface area (Å²) in [7, 11) is 1.40. The smallest absolute Gasteiger partial charge is 0.248 e. The van der Waals surface area contributed by atoms with Gasteiger partial charge in [-0.05, 0) is 23.8 Å². The maximum Gasteiger partial charge on any atom is 0.248 e. The third-order valence-electron chi connectivity index (χ3n) is 2.37. The number of nitrogens with zero attached hydrogens (tertiary/aromatic N) is 1. The van der Waals surface area contributed by atoms with Crippen LogP contribution in [0.2, 0.25) is 0 Å². The molecule has 5 nitrogen and oxygen atoms in total. The number of halogens is 1. The first-order valence-electron chi connectivity index (χ1n) is 5.50. The first-order valence-corrected chi connectivity index (χ1v) is 5.50. The van der Waals surface area contributed by atoms with Gasteiger partial charge in [-0.3, -0.25) is 9.89 Å². The number of amides is 1. The van der Waals surface area contributed by atoms with Gasteiger partial charge in [-0.2, -0.15) is 5.10 Å². The van der Waals surface area contributed by atoms with Crippen LogP contribution in [0.25, 0.3) is 6.08 Å². The average Bonchev–Trinajstić information content (AvgIpc) is 2.89. The van der Waals surface area contributed by atoms with Crippen molar-refractivity contribution < 1.29 is 13.9 Å². The molecule has 1 heterocycles. The number of rotatable bonds is 4. The highest BCUT2D eigenvalue weighted by molar-refractivity contribution is 6.01. The zero-order chi connectivity index (χ0) is 13.7. The fraction of sp³-hybridized carbons (Fsp3) is 0.0769. The SMILES string of the molecule is COc1ccc(/C=C/C(=O)Nc2cn[nH]c2)cc1F. The molecule has 0 atom stereocenters. The summed E-state index contributed by atoms with van der Waals surface area (Å²) in [4.78, 5) is 11.5. The molecule has 0 saturated carbocycles. The topological polar surface area (TPSA) is 67.0 Å².